The Labute approximate surface area is 111 Å². The van der Waals surface area contributed by atoms with Gasteiger partial charge in [-0.15, -0.1) is 0 Å². The molecule has 2 amide bonds. The maximum atomic E-state index is 12.2. The van der Waals surface area contributed by atoms with Crippen LogP contribution in [0.2, 0.25) is 0 Å². The van der Waals surface area contributed by atoms with Gasteiger partial charge in [-0.2, -0.15) is 0 Å². The Morgan fingerprint density at radius 2 is 2.22 bits per heavy atom. The van der Waals surface area contributed by atoms with Crippen LogP contribution in [0.25, 0.3) is 0 Å². The standard InChI is InChI=1S/C15H26N2O/c1-2-14-10-6-7-11-17(14)15(18)16-12-13-8-4-3-5-9-13/h3-4,13-14H,2,5-12H2,1H3,(H,16,18). The molecule has 0 aromatic heterocycles. The molecule has 0 bridgehead atoms. The van der Waals surface area contributed by atoms with Crippen molar-refractivity contribution in [3.63, 3.8) is 0 Å². The van der Waals surface area contributed by atoms with E-state index in [-0.39, 0.29) is 6.03 Å². The highest BCUT2D eigenvalue weighted by Crippen LogP contribution is 2.20. The van der Waals surface area contributed by atoms with Gasteiger partial charge in [0.15, 0.2) is 0 Å². The van der Waals surface area contributed by atoms with E-state index in [0.717, 1.165) is 32.4 Å². The molecule has 1 heterocycles. The largest absolute Gasteiger partial charge is 0.338 e. The van der Waals surface area contributed by atoms with Crippen molar-refractivity contribution >= 4 is 6.03 Å². The zero-order chi connectivity index (χ0) is 12.8. The Balaban J connectivity index is 1.77. The Bertz CT molecular complexity index is 301. The fourth-order valence-corrected chi connectivity index (χ4v) is 3.07. The Kier molecular flexibility index (Phi) is 5.09. The van der Waals surface area contributed by atoms with Gasteiger partial charge in [0.25, 0.3) is 0 Å². The van der Waals surface area contributed by atoms with Gasteiger partial charge in [0.2, 0.25) is 0 Å². The second-order valence-corrected chi connectivity index (χ2v) is 5.59. The average molecular weight is 250 g/mol. The smallest absolute Gasteiger partial charge is 0.317 e. The average Bonchev–Trinajstić information content (AvgIpc) is 2.45. The topological polar surface area (TPSA) is 32.3 Å². The summed E-state index contributed by atoms with van der Waals surface area (Å²) < 4.78 is 0. The van der Waals surface area contributed by atoms with Crippen LogP contribution in [0.4, 0.5) is 4.79 Å². The normalized spacial score (nSPS) is 28.2. The molecule has 3 nitrogen and oxygen atoms in total. The lowest BCUT2D eigenvalue weighted by Crippen LogP contribution is -2.49. The van der Waals surface area contributed by atoms with Gasteiger partial charge in [0.1, 0.15) is 0 Å². The van der Waals surface area contributed by atoms with Crippen molar-refractivity contribution in [1.82, 2.24) is 10.2 Å². The van der Waals surface area contributed by atoms with Gasteiger partial charge in [-0.25, -0.2) is 4.79 Å². The van der Waals surface area contributed by atoms with Crippen LogP contribution < -0.4 is 5.32 Å². The third kappa shape index (κ3) is 3.50. The van der Waals surface area contributed by atoms with Crippen molar-refractivity contribution in [2.45, 2.75) is 57.9 Å². The maximum Gasteiger partial charge on any atom is 0.317 e. The molecule has 1 fully saturated rings. The minimum Gasteiger partial charge on any atom is -0.338 e. The zero-order valence-electron chi connectivity index (χ0n) is 11.5. The maximum absolute atomic E-state index is 12.2. The number of rotatable bonds is 3. The molecule has 18 heavy (non-hydrogen) atoms. The number of likely N-dealkylation sites (tertiary alicyclic amines) is 1. The number of nitrogens with one attached hydrogen (secondary N) is 1. The van der Waals surface area contributed by atoms with Gasteiger partial charge in [-0.1, -0.05) is 19.1 Å². The van der Waals surface area contributed by atoms with Crippen molar-refractivity contribution in [1.29, 1.82) is 0 Å². The van der Waals surface area contributed by atoms with Crippen molar-refractivity contribution in [3.05, 3.63) is 12.2 Å². The highest BCUT2D eigenvalue weighted by atomic mass is 16.2. The molecule has 2 unspecified atom stereocenters. The predicted octanol–water partition coefficient (Wildman–Crippen LogP) is 3.32. The summed E-state index contributed by atoms with van der Waals surface area (Å²) in [6, 6.07) is 0.626. The van der Waals surface area contributed by atoms with Gasteiger partial charge in [-0.3, -0.25) is 0 Å². The second kappa shape index (κ2) is 6.81. The summed E-state index contributed by atoms with van der Waals surface area (Å²) in [5.41, 5.74) is 0. The lowest BCUT2D eigenvalue weighted by molar-refractivity contribution is 0.147. The van der Waals surface area contributed by atoms with Crippen LogP contribution in [-0.2, 0) is 0 Å². The van der Waals surface area contributed by atoms with E-state index in [1.54, 1.807) is 0 Å². The van der Waals surface area contributed by atoms with Crippen LogP contribution in [0.15, 0.2) is 12.2 Å². The quantitative estimate of drug-likeness (QED) is 0.766. The van der Waals surface area contributed by atoms with E-state index in [2.05, 4.69) is 29.3 Å². The number of amides is 2. The van der Waals surface area contributed by atoms with E-state index < -0.39 is 0 Å². The molecular weight excluding hydrogens is 224 g/mol. The minimum absolute atomic E-state index is 0.163. The van der Waals surface area contributed by atoms with Gasteiger partial charge < -0.3 is 10.2 Å². The van der Waals surface area contributed by atoms with Crippen molar-refractivity contribution in [2.24, 2.45) is 5.92 Å². The van der Waals surface area contributed by atoms with Gasteiger partial charge in [-0.05, 0) is 50.9 Å². The van der Waals surface area contributed by atoms with Crippen LogP contribution in [0.5, 0.6) is 0 Å². The van der Waals surface area contributed by atoms with Crippen LogP contribution >= 0.6 is 0 Å². The molecule has 2 aliphatic rings. The molecule has 1 N–H and O–H groups in total. The van der Waals surface area contributed by atoms with E-state index in [4.69, 9.17) is 0 Å². The molecule has 1 saturated heterocycles. The third-order valence-electron chi connectivity index (χ3n) is 4.28. The lowest BCUT2D eigenvalue weighted by atomic mass is 9.94. The molecule has 102 valence electrons. The molecule has 2 rings (SSSR count). The molecule has 0 saturated carbocycles. The number of carbonyl (C=O) groups excluding carboxylic acids is 1. The number of nitrogens with zero attached hydrogens (tertiary/aromatic N) is 1. The molecule has 0 aromatic rings. The van der Waals surface area contributed by atoms with E-state index >= 15 is 0 Å². The fraction of sp³-hybridized carbons (Fsp3) is 0.800. The first-order chi connectivity index (χ1) is 8.81. The minimum atomic E-state index is 0.163. The van der Waals surface area contributed by atoms with Crippen LogP contribution in [0.3, 0.4) is 0 Å². The summed E-state index contributed by atoms with van der Waals surface area (Å²) in [4.78, 5) is 14.3. The number of carbonyl (C=O) groups is 1. The Hall–Kier alpha value is -0.990. The number of allylic oxidation sites excluding steroid dienone is 2. The van der Waals surface area contributed by atoms with Crippen molar-refractivity contribution in [3.8, 4) is 0 Å². The molecule has 2 atom stereocenters. The SMILES string of the molecule is CCC1CCCCN1C(=O)NCC1CC=CCC1. The zero-order valence-corrected chi connectivity index (χ0v) is 11.5. The van der Waals surface area contributed by atoms with Crippen LogP contribution in [0.1, 0.15) is 51.9 Å². The van der Waals surface area contributed by atoms with Gasteiger partial charge in [0, 0.05) is 19.1 Å². The number of urea groups is 1. The van der Waals surface area contributed by atoms with Crippen molar-refractivity contribution < 1.29 is 4.79 Å². The van der Waals surface area contributed by atoms with E-state index in [9.17, 15) is 4.79 Å². The van der Waals surface area contributed by atoms with Crippen LogP contribution in [-0.4, -0.2) is 30.1 Å². The number of hydrogen-bond acceptors (Lipinski definition) is 1. The first kappa shape index (κ1) is 13.4. The summed E-state index contributed by atoms with van der Waals surface area (Å²) in [6.45, 7) is 3.97. The highest BCUT2D eigenvalue weighted by Gasteiger charge is 2.25. The van der Waals surface area contributed by atoms with Gasteiger partial charge in [0.05, 0.1) is 0 Å². The molecule has 1 aliphatic heterocycles. The summed E-state index contributed by atoms with van der Waals surface area (Å²) >= 11 is 0. The first-order valence-corrected chi connectivity index (χ1v) is 7.50. The Morgan fingerprint density at radius 3 is 2.94 bits per heavy atom. The van der Waals surface area contributed by atoms with Crippen molar-refractivity contribution in [2.75, 3.05) is 13.1 Å². The van der Waals surface area contributed by atoms with Gasteiger partial charge >= 0.3 is 6.03 Å². The van der Waals surface area contributed by atoms with E-state index in [1.165, 1.54) is 25.7 Å². The number of piperidine rings is 1. The third-order valence-corrected chi connectivity index (χ3v) is 4.28. The van der Waals surface area contributed by atoms with Crippen LogP contribution in [0, 0.1) is 5.92 Å². The van der Waals surface area contributed by atoms with E-state index in [0.29, 0.717) is 12.0 Å². The monoisotopic (exact) mass is 250 g/mol. The fourth-order valence-electron chi connectivity index (χ4n) is 3.07. The number of hydrogen-bond donors (Lipinski definition) is 1. The molecule has 0 spiro atoms. The molecule has 0 radical (unpaired) electrons. The summed E-state index contributed by atoms with van der Waals surface area (Å²) in [5, 5.41) is 3.14. The summed E-state index contributed by atoms with van der Waals surface area (Å²) in [6.07, 6.45) is 12.7. The molecular formula is C15H26N2O. The first-order valence-electron chi connectivity index (χ1n) is 7.50. The predicted molar refractivity (Wildman–Crippen MR) is 74.5 cm³/mol. The lowest BCUT2D eigenvalue weighted by Gasteiger charge is -2.35. The van der Waals surface area contributed by atoms with E-state index in [1.807, 2.05) is 0 Å². The summed E-state index contributed by atoms with van der Waals surface area (Å²) in [5.74, 6) is 0.642. The molecule has 3 heteroatoms. The molecule has 0 aromatic carbocycles. The molecule has 1 aliphatic carbocycles. The second-order valence-electron chi connectivity index (χ2n) is 5.59. The summed E-state index contributed by atoms with van der Waals surface area (Å²) in [7, 11) is 0. The highest BCUT2D eigenvalue weighted by molar-refractivity contribution is 5.74. The Morgan fingerprint density at radius 1 is 1.33 bits per heavy atom.